The van der Waals surface area contributed by atoms with Crippen molar-refractivity contribution >= 4 is 29.3 Å². The van der Waals surface area contributed by atoms with Gasteiger partial charge in [-0.05, 0) is 25.0 Å². The van der Waals surface area contributed by atoms with Gasteiger partial charge in [-0.25, -0.2) is 4.79 Å². The van der Waals surface area contributed by atoms with E-state index in [2.05, 4.69) is 10.6 Å². The summed E-state index contributed by atoms with van der Waals surface area (Å²) in [6.45, 7) is 0. The van der Waals surface area contributed by atoms with Crippen molar-refractivity contribution in [1.29, 1.82) is 0 Å². The summed E-state index contributed by atoms with van der Waals surface area (Å²) in [6, 6.07) is 6.17. The van der Waals surface area contributed by atoms with E-state index >= 15 is 0 Å². The van der Waals surface area contributed by atoms with Crippen molar-refractivity contribution in [3.63, 3.8) is 0 Å². The first-order valence-electron chi connectivity index (χ1n) is 7.13. The van der Waals surface area contributed by atoms with Gasteiger partial charge >= 0.3 is 12.0 Å². The van der Waals surface area contributed by atoms with Crippen LogP contribution < -0.4 is 10.6 Å². The number of para-hydroxylation sites is 1. The number of carboxylic acids is 1. The normalized spacial score (nSPS) is 22.1. The molecule has 1 aliphatic rings. The molecular weight excluding hydrogens is 292 g/mol. The van der Waals surface area contributed by atoms with Gasteiger partial charge in [0.25, 0.3) is 0 Å². The highest BCUT2D eigenvalue weighted by atomic mass is 35.5. The third-order valence-corrected chi connectivity index (χ3v) is 4.10. The van der Waals surface area contributed by atoms with Crippen molar-refractivity contribution in [2.45, 2.75) is 38.1 Å². The van der Waals surface area contributed by atoms with E-state index in [4.69, 9.17) is 11.6 Å². The lowest BCUT2D eigenvalue weighted by Crippen LogP contribution is -2.44. The first-order chi connectivity index (χ1) is 10.1. The summed E-state index contributed by atoms with van der Waals surface area (Å²) in [5.74, 6) is -1.37. The Kier molecular flexibility index (Phi) is 5.44. The van der Waals surface area contributed by atoms with Crippen LogP contribution in [0.1, 0.15) is 32.1 Å². The Morgan fingerprint density at radius 3 is 2.57 bits per heavy atom. The molecule has 21 heavy (non-hydrogen) atoms. The summed E-state index contributed by atoms with van der Waals surface area (Å²) in [5, 5.41) is 15.2. The van der Waals surface area contributed by atoms with Crippen LogP contribution in [-0.4, -0.2) is 23.1 Å². The summed E-state index contributed by atoms with van der Waals surface area (Å²) in [6.07, 6.45) is 4.12. The Morgan fingerprint density at radius 1 is 1.14 bits per heavy atom. The lowest BCUT2D eigenvalue weighted by molar-refractivity contribution is -0.142. The number of benzene rings is 1. The largest absolute Gasteiger partial charge is 0.481 e. The van der Waals surface area contributed by atoms with Gasteiger partial charge < -0.3 is 15.7 Å². The van der Waals surface area contributed by atoms with Crippen LogP contribution in [0.4, 0.5) is 10.5 Å². The molecule has 1 aliphatic carbocycles. The van der Waals surface area contributed by atoms with E-state index in [1.54, 1.807) is 24.3 Å². The van der Waals surface area contributed by atoms with Crippen molar-refractivity contribution in [2.75, 3.05) is 5.32 Å². The third kappa shape index (κ3) is 4.36. The minimum Gasteiger partial charge on any atom is -0.481 e. The predicted octanol–water partition coefficient (Wildman–Crippen LogP) is 3.50. The van der Waals surface area contributed by atoms with E-state index < -0.39 is 17.9 Å². The molecule has 1 aromatic carbocycles. The molecule has 2 atom stereocenters. The first-order valence-corrected chi connectivity index (χ1v) is 7.50. The zero-order valence-electron chi connectivity index (χ0n) is 11.6. The summed E-state index contributed by atoms with van der Waals surface area (Å²) in [5.41, 5.74) is 0.511. The van der Waals surface area contributed by atoms with E-state index in [1.807, 2.05) is 0 Å². The summed E-state index contributed by atoms with van der Waals surface area (Å²) >= 11 is 5.98. The van der Waals surface area contributed by atoms with Gasteiger partial charge in [0, 0.05) is 6.04 Å². The average Bonchev–Trinajstić information content (AvgIpc) is 2.67. The summed E-state index contributed by atoms with van der Waals surface area (Å²) < 4.78 is 0. The van der Waals surface area contributed by atoms with Crippen LogP contribution in [-0.2, 0) is 4.79 Å². The number of carbonyl (C=O) groups excluding carboxylic acids is 1. The lowest BCUT2D eigenvalue weighted by Gasteiger charge is -2.23. The minimum atomic E-state index is -0.847. The topological polar surface area (TPSA) is 78.4 Å². The smallest absolute Gasteiger partial charge is 0.319 e. The number of carbonyl (C=O) groups is 2. The highest BCUT2D eigenvalue weighted by molar-refractivity contribution is 6.33. The maximum absolute atomic E-state index is 12.0. The van der Waals surface area contributed by atoms with Crippen LogP contribution in [0.5, 0.6) is 0 Å². The predicted molar refractivity (Wildman–Crippen MR) is 81.6 cm³/mol. The SMILES string of the molecule is O=C(Nc1ccccc1Cl)NC1CCCCCC1C(=O)O. The number of urea groups is 1. The molecule has 0 radical (unpaired) electrons. The quantitative estimate of drug-likeness (QED) is 0.748. The zero-order valence-corrected chi connectivity index (χ0v) is 12.4. The molecule has 2 rings (SSSR count). The number of anilines is 1. The van der Waals surface area contributed by atoms with E-state index in [1.165, 1.54) is 0 Å². The fourth-order valence-corrected chi connectivity index (χ4v) is 2.85. The second-order valence-electron chi connectivity index (χ2n) is 5.27. The van der Waals surface area contributed by atoms with E-state index in [0.29, 0.717) is 23.6 Å². The molecule has 114 valence electrons. The van der Waals surface area contributed by atoms with E-state index in [0.717, 1.165) is 19.3 Å². The highest BCUT2D eigenvalue weighted by Crippen LogP contribution is 2.24. The molecule has 3 N–H and O–H groups in total. The van der Waals surface area contributed by atoms with Gasteiger partial charge in [0.05, 0.1) is 16.6 Å². The Balaban J connectivity index is 2.00. The lowest BCUT2D eigenvalue weighted by atomic mass is 9.95. The number of rotatable bonds is 3. The van der Waals surface area contributed by atoms with E-state index in [9.17, 15) is 14.7 Å². The number of amides is 2. The van der Waals surface area contributed by atoms with Gasteiger partial charge in [0.15, 0.2) is 0 Å². The summed E-state index contributed by atoms with van der Waals surface area (Å²) in [7, 11) is 0. The Morgan fingerprint density at radius 2 is 1.86 bits per heavy atom. The molecule has 1 fully saturated rings. The Labute approximate surface area is 128 Å². The van der Waals surface area contributed by atoms with Crippen molar-refractivity contribution in [3.8, 4) is 0 Å². The number of nitrogens with one attached hydrogen (secondary N) is 2. The average molecular weight is 311 g/mol. The molecule has 0 heterocycles. The maximum atomic E-state index is 12.0. The van der Waals surface area contributed by atoms with Crippen LogP contribution in [0.3, 0.4) is 0 Å². The molecule has 1 aromatic rings. The third-order valence-electron chi connectivity index (χ3n) is 3.77. The number of aliphatic carboxylic acids is 1. The number of hydrogen-bond donors (Lipinski definition) is 3. The molecule has 1 saturated carbocycles. The van der Waals surface area contributed by atoms with Gasteiger partial charge in [0.1, 0.15) is 0 Å². The van der Waals surface area contributed by atoms with Crippen molar-refractivity contribution in [2.24, 2.45) is 5.92 Å². The monoisotopic (exact) mass is 310 g/mol. The molecule has 0 spiro atoms. The molecule has 0 saturated heterocycles. The Hall–Kier alpha value is -1.75. The van der Waals surface area contributed by atoms with Gasteiger partial charge in [-0.2, -0.15) is 0 Å². The van der Waals surface area contributed by atoms with Gasteiger partial charge in [0.2, 0.25) is 0 Å². The fourth-order valence-electron chi connectivity index (χ4n) is 2.67. The molecular formula is C15H19ClN2O3. The van der Waals surface area contributed by atoms with Crippen molar-refractivity contribution < 1.29 is 14.7 Å². The van der Waals surface area contributed by atoms with Crippen molar-refractivity contribution in [1.82, 2.24) is 5.32 Å². The minimum absolute atomic E-state index is 0.340. The highest BCUT2D eigenvalue weighted by Gasteiger charge is 2.30. The van der Waals surface area contributed by atoms with Gasteiger partial charge in [-0.1, -0.05) is 43.0 Å². The number of hydrogen-bond acceptors (Lipinski definition) is 2. The molecule has 0 bridgehead atoms. The van der Waals surface area contributed by atoms with E-state index in [-0.39, 0.29) is 6.04 Å². The second kappa shape index (κ2) is 7.31. The van der Waals surface area contributed by atoms with Gasteiger partial charge in [-0.15, -0.1) is 0 Å². The molecule has 2 amide bonds. The maximum Gasteiger partial charge on any atom is 0.319 e. The Bertz CT molecular complexity index is 521. The second-order valence-corrected chi connectivity index (χ2v) is 5.67. The fraction of sp³-hybridized carbons (Fsp3) is 0.467. The van der Waals surface area contributed by atoms with Crippen LogP contribution in [0.2, 0.25) is 5.02 Å². The zero-order chi connectivity index (χ0) is 15.2. The van der Waals surface area contributed by atoms with Crippen molar-refractivity contribution in [3.05, 3.63) is 29.3 Å². The molecule has 6 heteroatoms. The first kappa shape index (κ1) is 15.6. The van der Waals surface area contributed by atoms with Crippen LogP contribution in [0.15, 0.2) is 24.3 Å². The molecule has 0 aliphatic heterocycles. The number of carboxylic acid groups (broad SMARTS) is 1. The standard InChI is InChI=1S/C15H19ClN2O3/c16-11-7-4-5-9-13(11)18-15(21)17-12-8-3-1-2-6-10(12)14(19)20/h4-5,7,9-10,12H,1-3,6,8H2,(H,19,20)(H2,17,18,21). The van der Waals surface area contributed by atoms with Crippen LogP contribution in [0.25, 0.3) is 0 Å². The van der Waals surface area contributed by atoms with Crippen LogP contribution in [0, 0.1) is 5.92 Å². The molecule has 0 aromatic heterocycles. The van der Waals surface area contributed by atoms with Gasteiger partial charge in [-0.3, -0.25) is 4.79 Å². The number of halogens is 1. The van der Waals surface area contributed by atoms with Crippen LogP contribution >= 0.6 is 11.6 Å². The molecule has 5 nitrogen and oxygen atoms in total. The molecule has 2 unspecified atom stereocenters. The summed E-state index contributed by atoms with van der Waals surface area (Å²) in [4.78, 5) is 23.4.